The number of aryl methyl sites for hydroxylation is 1. The zero-order chi connectivity index (χ0) is 22.0. The minimum Gasteiger partial charge on any atom is -0.463 e. The average Bonchev–Trinajstić information content (AvgIpc) is 3.08. The monoisotopic (exact) mass is 452 g/mol. The van der Waals surface area contributed by atoms with Gasteiger partial charge in [-0.25, -0.2) is 9.48 Å². The first-order chi connectivity index (χ1) is 15.0. The third kappa shape index (κ3) is 4.06. The van der Waals surface area contributed by atoms with E-state index >= 15 is 0 Å². The Labute approximate surface area is 190 Å². The van der Waals surface area contributed by atoms with Crippen molar-refractivity contribution in [2.24, 2.45) is 0 Å². The van der Waals surface area contributed by atoms with Crippen molar-refractivity contribution in [2.45, 2.75) is 19.9 Å². The molecule has 3 aromatic rings. The summed E-state index contributed by atoms with van der Waals surface area (Å²) in [6.07, 6.45) is 0. The Bertz CT molecular complexity index is 1160. The Morgan fingerprint density at radius 1 is 1.16 bits per heavy atom. The van der Waals surface area contributed by atoms with Crippen LogP contribution in [-0.2, 0) is 9.53 Å². The van der Waals surface area contributed by atoms with Crippen LogP contribution in [0, 0.1) is 6.92 Å². The van der Waals surface area contributed by atoms with Crippen LogP contribution in [0.15, 0.2) is 66.2 Å². The van der Waals surface area contributed by atoms with Gasteiger partial charge < -0.3 is 15.4 Å². The van der Waals surface area contributed by atoms with Crippen LogP contribution in [0.1, 0.15) is 29.8 Å². The largest absolute Gasteiger partial charge is 0.463 e. The number of ether oxygens (including phenoxy) is 1. The highest BCUT2D eigenvalue weighted by atomic mass is 35.5. The molecule has 0 saturated heterocycles. The van der Waals surface area contributed by atoms with E-state index in [2.05, 4.69) is 15.7 Å². The smallest absolute Gasteiger partial charge is 0.338 e. The first-order valence-corrected chi connectivity index (χ1v) is 10.6. The number of hydrogen-bond donors (Lipinski definition) is 2. The van der Waals surface area contributed by atoms with Crippen molar-refractivity contribution in [3.63, 3.8) is 0 Å². The summed E-state index contributed by atoms with van der Waals surface area (Å²) in [6.45, 7) is 3.88. The number of carbonyl (C=O) groups excluding carboxylic acids is 1. The van der Waals surface area contributed by atoms with Gasteiger partial charge in [-0.15, -0.1) is 0 Å². The van der Waals surface area contributed by atoms with Crippen LogP contribution in [0.4, 0.5) is 0 Å². The van der Waals surface area contributed by atoms with E-state index in [1.54, 1.807) is 11.6 Å². The number of para-hydroxylation sites is 1. The lowest BCUT2D eigenvalue weighted by Gasteiger charge is -2.31. The van der Waals surface area contributed by atoms with Gasteiger partial charge in [-0.1, -0.05) is 60.1 Å². The van der Waals surface area contributed by atoms with Gasteiger partial charge in [-0.05, 0) is 43.8 Å². The van der Waals surface area contributed by atoms with E-state index < -0.39 is 12.0 Å². The number of benzene rings is 2. The van der Waals surface area contributed by atoms with Crippen LogP contribution < -0.4 is 10.6 Å². The Morgan fingerprint density at radius 3 is 2.45 bits per heavy atom. The minimum atomic E-state index is -0.618. The topological polar surface area (TPSA) is 68.2 Å². The van der Waals surface area contributed by atoms with Crippen molar-refractivity contribution in [1.82, 2.24) is 20.4 Å². The quantitative estimate of drug-likeness (QED) is 0.443. The standard InChI is InChI=1S/C23H21ClN4O2S/c1-3-30-22(29)18-19(15-10-6-4-7-11-15)25-23(31)26-20(18)17-14(2)27-28(21(17)24)16-12-8-5-9-13-16/h4-13,20H,3H2,1-2H3,(H2,25,26,31). The molecule has 2 N–H and O–H groups in total. The maximum atomic E-state index is 13.1. The van der Waals surface area contributed by atoms with E-state index in [1.165, 1.54) is 0 Å². The maximum absolute atomic E-state index is 13.1. The van der Waals surface area contributed by atoms with Gasteiger partial charge in [0.15, 0.2) is 5.11 Å². The molecule has 0 amide bonds. The first-order valence-electron chi connectivity index (χ1n) is 9.86. The zero-order valence-corrected chi connectivity index (χ0v) is 18.6. The Balaban J connectivity index is 1.91. The molecule has 0 fully saturated rings. The number of halogens is 1. The first kappa shape index (κ1) is 21.1. The Hall–Kier alpha value is -3.16. The molecule has 1 unspecified atom stereocenters. The second-order valence-corrected chi connectivity index (χ2v) is 7.71. The van der Waals surface area contributed by atoms with Gasteiger partial charge in [0, 0.05) is 5.56 Å². The van der Waals surface area contributed by atoms with Crippen molar-refractivity contribution >= 4 is 40.6 Å². The SMILES string of the molecule is CCOC(=O)C1=C(c2ccccc2)NC(=S)NC1c1c(C)nn(-c2ccccc2)c1Cl. The van der Waals surface area contributed by atoms with Gasteiger partial charge in [-0.3, -0.25) is 0 Å². The van der Waals surface area contributed by atoms with Gasteiger partial charge in [0.2, 0.25) is 0 Å². The van der Waals surface area contributed by atoms with Crippen LogP contribution in [0.3, 0.4) is 0 Å². The number of nitrogens with zero attached hydrogens (tertiary/aromatic N) is 2. The normalized spacial score (nSPS) is 16.0. The summed E-state index contributed by atoms with van der Waals surface area (Å²) in [6, 6.07) is 18.5. The highest BCUT2D eigenvalue weighted by Gasteiger charge is 2.36. The second-order valence-electron chi connectivity index (χ2n) is 6.94. The number of carbonyl (C=O) groups is 1. The minimum absolute atomic E-state index is 0.248. The predicted octanol–water partition coefficient (Wildman–Crippen LogP) is 4.33. The summed E-state index contributed by atoms with van der Waals surface area (Å²) in [4.78, 5) is 13.1. The maximum Gasteiger partial charge on any atom is 0.338 e. The van der Waals surface area contributed by atoms with Gasteiger partial charge in [0.25, 0.3) is 0 Å². The zero-order valence-electron chi connectivity index (χ0n) is 17.1. The van der Waals surface area contributed by atoms with E-state index in [0.717, 1.165) is 11.3 Å². The van der Waals surface area contributed by atoms with Crippen molar-refractivity contribution in [2.75, 3.05) is 6.61 Å². The van der Waals surface area contributed by atoms with Crippen LogP contribution in [0.2, 0.25) is 5.15 Å². The third-order valence-electron chi connectivity index (χ3n) is 4.97. The molecule has 6 nitrogen and oxygen atoms in total. The van der Waals surface area contributed by atoms with E-state index in [0.29, 0.717) is 32.8 Å². The highest BCUT2D eigenvalue weighted by molar-refractivity contribution is 7.80. The fourth-order valence-electron chi connectivity index (χ4n) is 3.62. The molecule has 0 radical (unpaired) electrons. The summed E-state index contributed by atoms with van der Waals surface area (Å²) in [7, 11) is 0. The molecule has 31 heavy (non-hydrogen) atoms. The van der Waals surface area contributed by atoms with E-state index in [1.807, 2.05) is 67.6 Å². The van der Waals surface area contributed by atoms with Gasteiger partial charge in [0.1, 0.15) is 5.15 Å². The fourth-order valence-corrected chi connectivity index (χ4v) is 4.22. The molecule has 2 heterocycles. The highest BCUT2D eigenvalue weighted by Crippen LogP contribution is 2.37. The molecule has 0 aliphatic carbocycles. The van der Waals surface area contributed by atoms with Crippen LogP contribution in [-0.4, -0.2) is 27.5 Å². The fraction of sp³-hybridized carbons (Fsp3) is 0.174. The Kier molecular flexibility index (Phi) is 6.06. The molecular weight excluding hydrogens is 432 g/mol. The summed E-state index contributed by atoms with van der Waals surface area (Å²) in [5.41, 5.74) is 4.00. The molecule has 2 aromatic carbocycles. The molecule has 1 aliphatic heterocycles. The number of nitrogens with one attached hydrogen (secondary N) is 2. The summed E-state index contributed by atoms with van der Waals surface area (Å²) >= 11 is 12.3. The second kappa shape index (κ2) is 8.91. The molecule has 1 atom stereocenters. The van der Waals surface area contributed by atoms with Crippen molar-refractivity contribution < 1.29 is 9.53 Å². The van der Waals surface area contributed by atoms with Crippen molar-refractivity contribution in [3.05, 3.63) is 88.2 Å². The summed E-state index contributed by atoms with van der Waals surface area (Å²) < 4.78 is 7.06. The van der Waals surface area contributed by atoms with Gasteiger partial charge in [0.05, 0.1) is 35.3 Å². The number of rotatable bonds is 5. The molecule has 1 aromatic heterocycles. The lowest BCUT2D eigenvalue weighted by atomic mass is 9.93. The van der Waals surface area contributed by atoms with E-state index in [4.69, 9.17) is 28.6 Å². The lowest BCUT2D eigenvalue weighted by Crippen LogP contribution is -2.45. The molecule has 8 heteroatoms. The van der Waals surface area contributed by atoms with Crippen molar-refractivity contribution in [1.29, 1.82) is 0 Å². The summed E-state index contributed by atoms with van der Waals surface area (Å²) in [5, 5.41) is 11.7. The molecule has 1 aliphatic rings. The van der Waals surface area contributed by atoms with Crippen LogP contribution in [0.25, 0.3) is 11.4 Å². The average molecular weight is 453 g/mol. The number of thiocarbonyl (C=S) groups is 1. The van der Waals surface area contributed by atoms with Gasteiger partial charge in [-0.2, -0.15) is 5.10 Å². The molecule has 0 bridgehead atoms. The summed E-state index contributed by atoms with van der Waals surface area (Å²) in [5.74, 6) is -0.447. The molecular formula is C23H21ClN4O2S. The molecule has 0 saturated carbocycles. The molecule has 4 rings (SSSR count). The predicted molar refractivity (Wildman–Crippen MR) is 125 cm³/mol. The number of aromatic nitrogens is 2. The van der Waals surface area contributed by atoms with Crippen LogP contribution in [0.5, 0.6) is 0 Å². The third-order valence-corrected chi connectivity index (χ3v) is 5.55. The Morgan fingerprint density at radius 2 is 1.81 bits per heavy atom. The van der Waals surface area contributed by atoms with E-state index in [-0.39, 0.29) is 6.61 Å². The van der Waals surface area contributed by atoms with Gasteiger partial charge >= 0.3 is 5.97 Å². The van der Waals surface area contributed by atoms with Crippen molar-refractivity contribution in [3.8, 4) is 5.69 Å². The van der Waals surface area contributed by atoms with Crippen LogP contribution >= 0.6 is 23.8 Å². The van der Waals surface area contributed by atoms with E-state index in [9.17, 15) is 4.79 Å². The number of hydrogen-bond acceptors (Lipinski definition) is 4. The number of esters is 1. The molecule has 0 spiro atoms. The molecule has 158 valence electrons. The lowest BCUT2D eigenvalue weighted by molar-refractivity contribution is -0.138.